The highest BCUT2D eigenvalue weighted by Crippen LogP contribution is 2.15. The van der Waals surface area contributed by atoms with E-state index in [0.29, 0.717) is 12.6 Å². The molecule has 2 rings (SSSR count). The number of ether oxygens (including phenoxy) is 1. The molecule has 1 N–H and O–H groups in total. The van der Waals surface area contributed by atoms with E-state index in [-0.39, 0.29) is 11.9 Å². The van der Waals surface area contributed by atoms with E-state index in [2.05, 4.69) is 12.2 Å². The largest absolute Gasteiger partial charge is 0.377 e. The third-order valence-corrected chi connectivity index (χ3v) is 3.13. The van der Waals surface area contributed by atoms with Gasteiger partial charge in [-0.2, -0.15) is 0 Å². The number of nitrogens with one attached hydrogen (secondary N) is 1. The molecule has 2 atom stereocenters. The molecule has 1 aromatic carbocycles. The topological polar surface area (TPSA) is 21.3 Å². The van der Waals surface area contributed by atoms with E-state index in [4.69, 9.17) is 4.74 Å². The molecule has 1 fully saturated rings. The van der Waals surface area contributed by atoms with Gasteiger partial charge in [-0.15, -0.1) is 0 Å². The Kier molecular flexibility index (Phi) is 3.56. The Morgan fingerprint density at radius 1 is 1.50 bits per heavy atom. The summed E-state index contributed by atoms with van der Waals surface area (Å²) in [6, 6.07) is 5.56. The molecule has 0 radical (unpaired) electrons. The minimum atomic E-state index is -0.135. The van der Waals surface area contributed by atoms with E-state index in [1.807, 2.05) is 13.0 Å². The second-order valence-corrected chi connectivity index (χ2v) is 4.45. The highest BCUT2D eigenvalue weighted by molar-refractivity contribution is 5.24. The Hall–Kier alpha value is -0.930. The van der Waals surface area contributed by atoms with E-state index in [9.17, 15) is 4.39 Å². The van der Waals surface area contributed by atoms with Gasteiger partial charge in [0.15, 0.2) is 0 Å². The van der Waals surface area contributed by atoms with Crippen molar-refractivity contribution in [3.63, 3.8) is 0 Å². The first-order valence-corrected chi connectivity index (χ1v) is 5.77. The van der Waals surface area contributed by atoms with Crippen LogP contribution in [-0.2, 0) is 11.3 Å². The van der Waals surface area contributed by atoms with Crippen LogP contribution in [-0.4, -0.2) is 18.8 Å². The molecule has 0 aliphatic carbocycles. The first-order valence-electron chi connectivity index (χ1n) is 5.77. The predicted octanol–water partition coefficient (Wildman–Crippen LogP) is 2.40. The molecule has 0 bridgehead atoms. The molecular weight excluding hydrogens is 205 g/mol. The lowest BCUT2D eigenvalue weighted by Crippen LogP contribution is -2.34. The number of aryl methyl sites for hydroxylation is 1. The van der Waals surface area contributed by atoms with Crippen LogP contribution < -0.4 is 5.32 Å². The van der Waals surface area contributed by atoms with Crippen molar-refractivity contribution in [1.82, 2.24) is 5.32 Å². The van der Waals surface area contributed by atoms with Crippen molar-refractivity contribution in [3.8, 4) is 0 Å². The SMILES string of the molecule is Cc1ccc(F)c(CNC2CCOC2C)c1. The van der Waals surface area contributed by atoms with Crippen LogP contribution in [0.3, 0.4) is 0 Å². The van der Waals surface area contributed by atoms with Gasteiger partial charge in [0.25, 0.3) is 0 Å². The molecule has 1 aromatic rings. The van der Waals surface area contributed by atoms with Gasteiger partial charge in [0.05, 0.1) is 6.10 Å². The summed E-state index contributed by atoms with van der Waals surface area (Å²) in [7, 11) is 0. The first kappa shape index (κ1) is 11.6. The molecule has 1 aliphatic rings. The van der Waals surface area contributed by atoms with Gasteiger partial charge in [-0.25, -0.2) is 4.39 Å². The van der Waals surface area contributed by atoms with E-state index in [1.54, 1.807) is 6.07 Å². The molecule has 2 unspecified atom stereocenters. The van der Waals surface area contributed by atoms with Crippen LogP contribution in [0.5, 0.6) is 0 Å². The predicted molar refractivity (Wildman–Crippen MR) is 61.8 cm³/mol. The molecule has 1 heterocycles. The fourth-order valence-corrected chi connectivity index (χ4v) is 2.08. The smallest absolute Gasteiger partial charge is 0.127 e. The zero-order valence-corrected chi connectivity index (χ0v) is 9.79. The molecule has 16 heavy (non-hydrogen) atoms. The lowest BCUT2D eigenvalue weighted by molar-refractivity contribution is 0.113. The Bertz CT molecular complexity index is 367. The maximum atomic E-state index is 13.5. The molecule has 0 aromatic heterocycles. The van der Waals surface area contributed by atoms with Crippen LogP contribution >= 0.6 is 0 Å². The van der Waals surface area contributed by atoms with Crippen molar-refractivity contribution in [2.45, 2.75) is 39.0 Å². The number of rotatable bonds is 3. The second-order valence-electron chi connectivity index (χ2n) is 4.45. The van der Waals surface area contributed by atoms with Crippen molar-refractivity contribution in [1.29, 1.82) is 0 Å². The van der Waals surface area contributed by atoms with Crippen molar-refractivity contribution < 1.29 is 9.13 Å². The average molecular weight is 223 g/mol. The maximum Gasteiger partial charge on any atom is 0.127 e. The van der Waals surface area contributed by atoms with Gasteiger partial charge in [0.1, 0.15) is 5.82 Å². The van der Waals surface area contributed by atoms with Crippen LogP contribution in [0.2, 0.25) is 0 Å². The zero-order valence-electron chi connectivity index (χ0n) is 9.79. The monoisotopic (exact) mass is 223 g/mol. The Balaban J connectivity index is 1.96. The van der Waals surface area contributed by atoms with E-state index in [0.717, 1.165) is 24.2 Å². The maximum absolute atomic E-state index is 13.5. The molecule has 0 spiro atoms. The van der Waals surface area contributed by atoms with Crippen LogP contribution in [0.1, 0.15) is 24.5 Å². The van der Waals surface area contributed by atoms with E-state index in [1.165, 1.54) is 6.07 Å². The molecule has 0 saturated carbocycles. The molecule has 2 nitrogen and oxygen atoms in total. The molecule has 1 aliphatic heterocycles. The van der Waals surface area contributed by atoms with E-state index < -0.39 is 0 Å². The summed E-state index contributed by atoms with van der Waals surface area (Å²) in [5.74, 6) is -0.135. The van der Waals surface area contributed by atoms with Crippen molar-refractivity contribution >= 4 is 0 Å². The van der Waals surface area contributed by atoms with Gasteiger partial charge in [-0.3, -0.25) is 0 Å². The quantitative estimate of drug-likeness (QED) is 0.849. The van der Waals surface area contributed by atoms with Crippen molar-refractivity contribution in [3.05, 3.63) is 35.1 Å². The van der Waals surface area contributed by atoms with Crippen LogP contribution in [0.15, 0.2) is 18.2 Å². The van der Waals surface area contributed by atoms with Crippen molar-refractivity contribution in [2.75, 3.05) is 6.61 Å². The minimum absolute atomic E-state index is 0.135. The fourth-order valence-electron chi connectivity index (χ4n) is 2.08. The van der Waals surface area contributed by atoms with E-state index >= 15 is 0 Å². The Morgan fingerprint density at radius 3 is 3.00 bits per heavy atom. The lowest BCUT2D eigenvalue weighted by Gasteiger charge is -2.16. The van der Waals surface area contributed by atoms with Gasteiger partial charge in [-0.1, -0.05) is 17.7 Å². The van der Waals surface area contributed by atoms with Gasteiger partial charge >= 0.3 is 0 Å². The van der Waals surface area contributed by atoms with Crippen LogP contribution in [0, 0.1) is 12.7 Å². The highest BCUT2D eigenvalue weighted by Gasteiger charge is 2.23. The third-order valence-electron chi connectivity index (χ3n) is 3.13. The number of halogens is 1. The fraction of sp³-hybridized carbons (Fsp3) is 0.538. The van der Waals surface area contributed by atoms with Gasteiger partial charge in [-0.05, 0) is 26.3 Å². The number of hydrogen-bond donors (Lipinski definition) is 1. The summed E-state index contributed by atoms with van der Waals surface area (Å²) < 4.78 is 18.9. The van der Waals surface area contributed by atoms with Crippen molar-refractivity contribution in [2.24, 2.45) is 0 Å². The third kappa shape index (κ3) is 2.60. The second kappa shape index (κ2) is 4.93. The van der Waals surface area contributed by atoms with Crippen LogP contribution in [0.25, 0.3) is 0 Å². The normalized spacial score (nSPS) is 24.9. The molecule has 1 saturated heterocycles. The van der Waals surface area contributed by atoms with Gasteiger partial charge < -0.3 is 10.1 Å². The Labute approximate surface area is 95.8 Å². The first-order chi connectivity index (χ1) is 7.66. The standard InChI is InChI=1S/C13H18FNO/c1-9-3-4-12(14)11(7-9)8-15-13-5-6-16-10(13)2/h3-4,7,10,13,15H,5-6,8H2,1-2H3. The lowest BCUT2D eigenvalue weighted by atomic mass is 10.1. The average Bonchev–Trinajstić information content (AvgIpc) is 2.66. The van der Waals surface area contributed by atoms with Gasteiger partial charge in [0.2, 0.25) is 0 Å². The summed E-state index contributed by atoms with van der Waals surface area (Å²) in [5, 5.41) is 3.35. The summed E-state index contributed by atoms with van der Waals surface area (Å²) in [5.41, 5.74) is 1.83. The number of benzene rings is 1. The molecular formula is C13H18FNO. The molecule has 0 amide bonds. The summed E-state index contributed by atoms with van der Waals surface area (Å²) >= 11 is 0. The number of hydrogen-bond acceptors (Lipinski definition) is 2. The highest BCUT2D eigenvalue weighted by atomic mass is 19.1. The summed E-state index contributed by atoms with van der Waals surface area (Å²) in [6.07, 6.45) is 1.24. The zero-order chi connectivity index (χ0) is 11.5. The Morgan fingerprint density at radius 2 is 2.31 bits per heavy atom. The molecule has 3 heteroatoms. The summed E-state index contributed by atoms with van der Waals surface area (Å²) in [6.45, 7) is 5.41. The minimum Gasteiger partial charge on any atom is -0.377 e. The van der Waals surface area contributed by atoms with Crippen LogP contribution in [0.4, 0.5) is 4.39 Å². The molecule has 88 valence electrons. The summed E-state index contributed by atoms with van der Waals surface area (Å²) in [4.78, 5) is 0. The van der Waals surface area contributed by atoms with Gasteiger partial charge in [0, 0.05) is 24.8 Å².